The summed E-state index contributed by atoms with van der Waals surface area (Å²) < 4.78 is 65.8. The molecule has 106 valence electrons. The molecule has 0 aromatic heterocycles. The van der Waals surface area contributed by atoms with Crippen molar-refractivity contribution in [2.45, 2.75) is 25.6 Å². The summed E-state index contributed by atoms with van der Waals surface area (Å²) in [6.07, 6.45) is -5.60. The Bertz CT molecular complexity index is 456. The monoisotopic (exact) mass is 284 g/mol. The molecule has 1 rings (SSSR count). The first-order valence-electron chi connectivity index (χ1n) is 5.07. The number of hydrogen-bond donors (Lipinski definition) is 1. The van der Waals surface area contributed by atoms with Crippen molar-refractivity contribution >= 4 is 5.97 Å². The maximum atomic E-state index is 12.7. The molecule has 1 N–H and O–H groups in total. The first-order valence-corrected chi connectivity index (χ1v) is 5.07. The molecule has 8 heteroatoms. The molecule has 0 saturated carbocycles. The van der Waals surface area contributed by atoms with Gasteiger partial charge in [0.15, 0.2) is 0 Å². The molecule has 0 atom stereocenters. The Balaban J connectivity index is 3.06. The maximum Gasteiger partial charge on any atom is 0.416 e. The lowest BCUT2D eigenvalue weighted by atomic mass is 10.0. The van der Waals surface area contributed by atoms with E-state index in [0.717, 1.165) is 12.1 Å². The highest BCUT2D eigenvalue weighted by Crippen LogP contribution is 2.35. The summed E-state index contributed by atoms with van der Waals surface area (Å²) in [5.41, 5.74) is -1.46. The highest BCUT2D eigenvalue weighted by Gasteiger charge is 2.34. The number of aliphatic carboxylic acids is 1. The first kappa shape index (κ1) is 15.2. The first-order chi connectivity index (χ1) is 8.70. The third-order valence-corrected chi connectivity index (χ3v) is 2.22. The van der Waals surface area contributed by atoms with Crippen molar-refractivity contribution in [1.82, 2.24) is 0 Å². The second-order valence-electron chi connectivity index (χ2n) is 3.59. The van der Waals surface area contributed by atoms with E-state index in [2.05, 4.69) is 4.74 Å². The van der Waals surface area contributed by atoms with Crippen molar-refractivity contribution in [3.63, 3.8) is 0 Å². The summed E-state index contributed by atoms with van der Waals surface area (Å²) in [5.74, 6) is -1.87. The minimum atomic E-state index is -4.77. The summed E-state index contributed by atoms with van der Waals surface area (Å²) in [4.78, 5) is 10.3. The minimum absolute atomic E-state index is 0.281. The van der Waals surface area contributed by atoms with Crippen LogP contribution in [0.15, 0.2) is 18.2 Å². The lowest BCUT2D eigenvalue weighted by Gasteiger charge is -2.14. The molecule has 0 aliphatic rings. The predicted molar refractivity (Wildman–Crippen MR) is 54.0 cm³/mol. The Morgan fingerprint density at radius 2 is 1.95 bits per heavy atom. The van der Waals surface area contributed by atoms with Gasteiger partial charge in [-0.15, -0.1) is 0 Å². The number of aryl methyl sites for hydroxylation is 1. The summed E-state index contributed by atoms with van der Waals surface area (Å²) in [6.45, 7) is -3.23. The van der Waals surface area contributed by atoms with Crippen LogP contribution in [0.1, 0.15) is 17.5 Å². The highest BCUT2D eigenvalue weighted by molar-refractivity contribution is 5.67. The second-order valence-corrected chi connectivity index (χ2v) is 3.59. The molecule has 1 aromatic rings. The molecule has 3 nitrogen and oxygen atoms in total. The van der Waals surface area contributed by atoms with Crippen LogP contribution in [0.5, 0.6) is 5.75 Å². The molecule has 0 amide bonds. The number of carboxylic acid groups (broad SMARTS) is 1. The molecule has 0 unspecified atom stereocenters. The van der Waals surface area contributed by atoms with Crippen LogP contribution in [0.3, 0.4) is 0 Å². The van der Waals surface area contributed by atoms with Crippen molar-refractivity contribution < 1.29 is 36.6 Å². The van der Waals surface area contributed by atoms with E-state index in [1.165, 1.54) is 0 Å². The number of carboxylic acids is 1. The molecule has 0 aliphatic heterocycles. The SMILES string of the molecule is O=C(O)CCc1ccc(OC(F)F)cc1C(F)(F)F. The van der Waals surface area contributed by atoms with E-state index in [1.54, 1.807) is 0 Å². The molecular formula is C11H9F5O3. The predicted octanol–water partition coefficient (Wildman–Crippen LogP) is 3.32. The van der Waals surface area contributed by atoms with Gasteiger partial charge in [0, 0.05) is 6.42 Å². The van der Waals surface area contributed by atoms with E-state index in [9.17, 15) is 26.7 Å². The standard InChI is InChI=1S/C11H9F5O3/c12-10(13)19-7-3-1-6(2-4-9(17)18)8(5-7)11(14,15)16/h1,3,5,10H,2,4H2,(H,17,18). The number of carbonyl (C=O) groups is 1. The Labute approximate surface area is 104 Å². The summed E-state index contributed by atoms with van der Waals surface area (Å²) >= 11 is 0. The summed E-state index contributed by atoms with van der Waals surface area (Å²) in [7, 11) is 0. The fourth-order valence-electron chi connectivity index (χ4n) is 1.46. The Hall–Kier alpha value is -1.86. The third-order valence-electron chi connectivity index (χ3n) is 2.22. The molecule has 0 aliphatic carbocycles. The van der Waals surface area contributed by atoms with Crippen LogP contribution in [0, 0.1) is 0 Å². The van der Waals surface area contributed by atoms with E-state index in [0.29, 0.717) is 6.07 Å². The number of alkyl halides is 5. The Kier molecular flexibility index (Phi) is 4.68. The second kappa shape index (κ2) is 5.85. The maximum absolute atomic E-state index is 12.7. The van der Waals surface area contributed by atoms with Crippen LogP contribution >= 0.6 is 0 Å². The van der Waals surface area contributed by atoms with Gasteiger partial charge < -0.3 is 9.84 Å². The highest BCUT2D eigenvalue weighted by atomic mass is 19.4. The Morgan fingerprint density at radius 3 is 2.42 bits per heavy atom. The summed E-state index contributed by atoms with van der Waals surface area (Å²) in [5, 5.41) is 8.44. The van der Waals surface area contributed by atoms with Gasteiger partial charge in [0.2, 0.25) is 0 Å². The molecular weight excluding hydrogens is 275 g/mol. The topological polar surface area (TPSA) is 46.5 Å². The molecule has 0 bridgehead atoms. The lowest BCUT2D eigenvalue weighted by molar-refractivity contribution is -0.140. The van der Waals surface area contributed by atoms with E-state index in [4.69, 9.17) is 5.11 Å². The zero-order valence-electron chi connectivity index (χ0n) is 9.38. The molecule has 1 aromatic carbocycles. The van der Waals surface area contributed by atoms with Crippen molar-refractivity contribution in [3.8, 4) is 5.75 Å². The zero-order chi connectivity index (χ0) is 14.6. The smallest absolute Gasteiger partial charge is 0.416 e. The summed E-state index contributed by atoms with van der Waals surface area (Å²) in [6, 6.07) is 2.31. The van der Waals surface area contributed by atoms with E-state index in [-0.39, 0.29) is 12.0 Å². The van der Waals surface area contributed by atoms with Gasteiger partial charge in [0.05, 0.1) is 5.56 Å². The van der Waals surface area contributed by atoms with Gasteiger partial charge in [-0.1, -0.05) is 6.07 Å². The van der Waals surface area contributed by atoms with Crippen molar-refractivity contribution in [3.05, 3.63) is 29.3 Å². The van der Waals surface area contributed by atoms with Gasteiger partial charge in [-0.25, -0.2) is 0 Å². The number of ether oxygens (including phenoxy) is 1. The number of hydrogen-bond acceptors (Lipinski definition) is 2. The van der Waals surface area contributed by atoms with Gasteiger partial charge in [-0.2, -0.15) is 22.0 Å². The van der Waals surface area contributed by atoms with Crippen molar-refractivity contribution in [2.75, 3.05) is 0 Å². The van der Waals surface area contributed by atoms with E-state index >= 15 is 0 Å². The van der Waals surface area contributed by atoms with Gasteiger partial charge in [0.25, 0.3) is 0 Å². The van der Waals surface area contributed by atoms with Gasteiger partial charge in [-0.3, -0.25) is 4.79 Å². The molecule has 0 radical (unpaired) electrons. The van der Waals surface area contributed by atoms with Crippen LogP contribution in [0.2, 0.25) is 0 Å². The number of halogens is 5. The van der Waals surface area contributed by atoms with E-state index in [1.807, 2.05) is 0 Å². The average Bonchev–Trinajstić information content (AvgIpc) is 2.25. The Morgan fingerprint density at radius 1 is 1.32 bits per heavy atom. The molecule has 0 heterocycles. The third kappa shape index (κ3) is 4.72. The van der Waals surface area contributed by atoms with Crippen molar-refractivity contribution in [1.29, 1.82) is 0 Å². The van der Waals surface area contributed by atoms with Crippen LogP contribution in [-0.2, 0) is 17.4 Å². The average molecular weight is 284 g/mol. The van der Waals surface area contributed by atoms with Crippen LogP contribution in [0.25, 0.3) is 0 Å². The largest absolute Gasteiger partial charge is 0.481 e. The number of benzene rings is 1. The molecule has 19 heavy (non-hydrogen) atoms. The fourth-order valence-corrected chi connectivity index (χ4v) is 1.46. The van der Waals surface area contributed by atoms with Crippen LogP contribution in [-0.4, -0.2) is 17.7 Å². The van der Waals surface area contributed by atoms with Crippen LogP contribution in [0.4, 0.5) is 22.0 Å². The van der Waals surface area contributed by atoms with Crippen molar-refractivity contribution in [2.24, 2.45) is 0 Å². The lowest BCUT2D eigenvalue weighted by Crippen LogP contribution is -2.12. The quantitative estimate of drug-likeness (QED) is 0.844. The normalized spacial score (nSPS) is 11.7. The van der Waals surface area contributed by atoms with Gasteiger partial charge in [-0.05, 0) is 24.1 Å². The molecule has 0 spiro atoms. The number of rotatable bonds is 5. The van der Waals surface area contributed by atoms with Crippen LogP contribution < -0.4 is 4.74 Å². The minimum Gasteiger partial charge on any atom is -0.481 e. The fraction of sp³-hybridized carbons (Fsp3) is 0.364. The zero-order valence-corrected chi connectivity index (χ0v) is 9.38. The van der Waals surface area contributed by atoms with E-state index < -0.39 is 36.5 Å². The van der Waals surface area contributed by atoms with Gasteiger partial charge in [0.1, 0.15) is 5.75 Å². The molecule has 0 saturated heterocycles. The molecule has 0 fully saturated rings. The van der Waals surface area contributed by atoms with Gasteiger partial charge >= 0.3 is 18.8 Å².